The van der Waals surface area contributed by atoms with Crippen LogP contribution in [0.2, 0.25) is 0 Å². The van der Waals surface area contributed by atoms with Crippen LogP contribution in [0.25, 0.3) is 11.1 Å². The lowest BCUT2D eigenvalue weighted by Gasteiger charge is -2.26. The molecule has 1 nitrogen and oxygen atoms in total. The molecule has 0 atom stereocenters. The summed E-state index contributed by atoms with van der Waals surface area (Å²) in [5.41, 5.74) is 3.98. The molecule has 0 aliphatic heterocycles. The van der Waals surface area contributed by atoms with Crippen molar-refractivity contribution in [1.82, 2.24) is 0 Å². The summed E-state index contributed by atoms with van der Waals surface area (Å²) in [4.78, 5) is 0. The molecule has 0 spiro atoms. The minimum Gasteiger partial charge on any atom is -0.386 e. The van der Waals surface area contributed by atoms with Crippen molar-refractivity contribution in [2.75, 3.05) is 12.4 Å². The lowest BCUT2D eigenvalue weighted by molar-refractivity contribution is 0.348. The molecule has 0 bridgehead atoms. The van der Waals surface area contributed by atoms with E-state index in [4.69, 9.17) is 0 Å². The summed E-state index contributed by atoms with van der Waals surface area (Å²) in [5.74, 6) is 1.38. The lowest BCUT2D eigenvalue weighted by atomic mass is 9.79. The first-order valence-corrected chi connectivity index (χ1v) is 8.25. The Hall–Kier alpha value is -1.83. The largest absolute Gasteiger partial charge is 0.386 e. The van der Waals surface area contributed by atoms with E-state index in [2.05, 4.69) is 36.5 Å². The van der Waals surface area contributed by atoms with Crippen molar-refractivity contribution in [2.45, 2.75) is 38.5 Å². The number of halogens is 1. The van der Waals surface area contributed by atoms with Crippen LogP contribution in [-0.4, -0.2) is 7.05 Å². The number of benzene rings is 2. The zero-order valence-corrected chi connectivity index (χ0v) is 13.4. The molecular formula is C20H24FN. The average Bonchev–Trinajstić information content (AvgIpc) is 2.56. The zero-order chi connectivity index (χ0) is 15.5. The van der Waals surface area contributed by atoms with Crippen LogP contribution in [0.5, 0.6) is 0 Å². The molecule has 2 aromatic rings. The van der Waals surface area contributed by atoms with Gasteiger partial charge in [0.25, 0.3) is 0 Å². The van der Waals surface area contributed by atoms with Crippen LogP contribution in [0.3, 0.4) is 0 Å². The Morgan fingerprint density at radius 2 is 1.55 bits per heavy atom. The van der Waals surface area contributed by atoms with Crippen molar-refractivity contribution in [3.63, 3.8) is 0 Å². The molecule has 1 aliphatic rings. The molecule has 0 amide bonds. The molecule has 0 aromatic heterocycles. The number of anilines is 1. The topological polar surface area (TPSA) is 12.0 Å². The highest BCUT2D eigenvalue weighted by molar-refractivity contribution is 5.66. The summed E-state index contributed by atoms with van der Waals surface area (Å²) < 4.78 is 13.9. The maximum atomic E-state index is 13.9. The minimum atomic E-state index is -0.203. The van der Waals surface area contributed by atoms with Crippen molar-refractivity contribution < 1.29 is 4.39 Å². The van der Waals surface area contributed by atoms with Crippen molar-refractivity contribution >= 4 is 5.69 Å². The highest BCUT2D eigenvalue weighted by atomic mass is 19.1. The van der Waals surface area contributed by atoms with Crippen molar-refractivity contribution in [2.24, 2.45) is 5.92 Å². The molecule has 1 saturated carbocycles. The average molecular weight is 297 g/mol. The van der Waals surface area contributed by atoms with Gasteiger partial charge in [-0.2, -0.15) is 0 Å². The van der Waals surface area contributed by atoms with Gasteiger partial charge in [-0.25, -0.2) is 4.39 Å². The molecule has 3 rings (SSSR count). The van der Waals surface area contributed by atoms with Crippen molar-refractivity contribution in [3.8, 4) is 11.1 Å². The molecule has 0 radical (unpaired) electrons. The van der Waals surface area contributed by atoms with E-state index < -0.39 is 0 Å². The third-order valence-corrected chi connectivity index (χ3v) is 4.97. The normalized spacial score (nSPS) is 21.6. The van der Waals surface area contributed by atoms with Gasteiger partial charge in [0.15, 0.2) is 0 Å². The molecule has 0 unspecified atom stereocenters. The van der Waals surface area contributed by atoms with E-state index in [1.54, 1.807) is 19.2 Å². The zero-order valence-electron chi connectivity index (χ0n) is 13.4. The molecule has 0 saturated heterocycles. The molecule has 2 aromatic carbocycles. The Morgan fingerprint density at radius 1 is 0.909 bits per heavy atom. The second-order valence-electron chi connectivity index (χ2n) is 6.52. The smallest absolute Gasteiger partial charge is 0.146 e. The molecule has 2 heteroatoms. The van der Waals surface area contributed by atoms with Crippen LogP contribution in [0, 0.1) is 11.7 Å². The van der Waals surface area contributed by atoms with Gasteiger partial charge in [0.05, 0.1) is 5.69 Å². The Balaban J connectivity index is 1.78. The number of nitrogens with one attached hydrogen (secondary N) is 1. The first-order chi connectivity index (χ1) is 10.7. The second kappa shape index (κ2) is 6.51. The Labute approximate surface area is 132 Å². The fourth-order valence-corrected chi connectivity index (χ4v) is 3.44. The Morgan fingerprint density at radius 3 is 2.14 bits per heavy atom. The Kier molecular flexibility index (Phi) is 4.47. The quantitative estimate of drug-likeness (QED) is 0.751. The predicted octanol–water partition coefficient (Wildman–Crippen LogP) is 5.83. The first-order valence-electron chi connectivity index (χ1n) is 8.25. The highest BCUT2D eigenvalue weighted by Gasteiger charge is 2.19. The lowest BCUT2D eigenvalue weighted by Crippen LogP contribution is -2.10. The summed E-state index contributed by atoms with van der Waals surface area (Å²) in [5, 5.41) is 2.85. The number of hydrogen-bond donors (Lipinski definition) is 1. The van der Waals surface area contributed by atoms with Crippen LogP contribution >= 0.6 is 0 Å². The van der Waals surface area contributed by atoms with E-state index in [-0.39, 0.29) is 5.82 Å². The van der Waals surface area contributed by atoms with Crippen LogP contribution < -0.4 is 5.32 Å². The SMILES string of the molecule is CNc1ccc(-c2ccc(C3CCC(C)CC3)cc2)cc1F. The van der Waals surface area contributed by atoms with Gasteiger partial charge in [0.2, 0.25) is 0 Å². The standard InChI is InChI=1S/C20H24FN/c1-14-3-5-15(6-4-14)16-7-9-17(10-8-16)18-11-12-20(22-2)19(21)13-18/h7-15,22H,3-6H2,1-2H3. The van der Waals surface area contributed by atoms with Crippen molar-refractivity contribution in [3.05, 3.63) is 53.8 Å². The van der Waals surface area contributed by atoms with E-state index in [0.29, 0.717) is 11.6 Å². The van der Waals surface area contributed by atoms with Gasteiger partial charge in [-0.05, 0) is 53.5 Å². The van der Waals surface area contributed by atoms with Crippen LogP contribution in [0.15, 0.2) is 42.5 Å². The number of hydrogen-bond acceptors (Lipinski definition) is 1. The number of rotatable bonds is 3. The predicted molar refractivity (Wildman–Crippen MR) is 91.8 cm³/mol. The van der Waals surface area contributed by atoms with Gasteiger partial charge in [-0.1, -0.05) is 50.1 Å². The molecule has 1 fully saturated rings. The summed E-state index contributed by atoms with van der Waals surface area (Å²) in [6.07, 6.45) is 5.27. The fourth-order valence-electron chi connectivity index (χ4n) is 3.44. The summed E-state index contributed by atoms with van der Waals surface area (Å²) >= 11 is 0. The van der Waals surface area contributed by atoms with E-state index in [1.165, 1.54) is 31.2 Å². The van der Waals surface area contributed by atoms with Gasteiger partial charge in [0, 0.05) is 7.05 Å². The maximum Gasteiger partial charge on any atom is 0.146 e. The van der Waals surface area contributed by atoms with E-state index in [1.807, 2.05) is 6.07 Å². The van der Waals surface area contributed by atoms with Gasteiger partial charge >= 0.3 is 0 Å². The second-order valence-corrected chi connectivity index (χ2v) is 6.52. The molecule has 0 heterocycles. The van der Waals surface area contributed by atoms with Gasteiger partial charge in [-0.15, -0.1) is 0 Å². The molecule has 1 N–H and O–H groups in total. The monoisotopic (exact) mass is 297 g/mol. The molecule has 22 heavy (non-hydrogen) atoms. The molecule has 1 aliphatic carbocycles. The van der Waals surface area contributed by atoms with Crippen LogP contribution in [0.1, 0.15) is 44.1 Å². The van der Waals surface area contributed by atoms with Gasteiger partial charge in [0.1, 0.15) is 5.82 Å². The molecule has 116 valence electrons. The van der Waals surface area contributed by atoms with E-state index >= 15 is 0 Å². The minimum absolute atomic E-state index is 0.203. The van der Waals surface area contributed by atoms with Crippen molar-refractivity contribution in [1.29, 1.82) is 0 Å². The van der Waals surface area contributed by atoms with Crippen LogP contribution in [-0.2, 0) is 0 Å². The van der Waals surface area contributed by atoms with E-state index in [0.717, 1.165) is 17.0 Å². The third kappa shape index (κ3) is 3.16. The molecular weight excluding hydrogens is 273 g/mol. The van der Waals surface area contributed by atoms with E-state index in [9.17, 15) is 4.39 Å². The van der Waals surface area contributed by atoms with Crippen LogP contribution in [0.4, 0.5) is 10.1 Å². The Bertz CT molecular complexity index is 625. The fraction of sp³-hybridized carbons (Fsp3) is 0.400. The van der Waals surface area contributed by atoms with Gasteiger partial charge < -0.3 is 5.32 Å². The first kappa shape index (κ1) is 15.1. The van der Waals surface area contributed by atoms with Gasteiger partial charge in [-0.3, -0.25) is 0 Å². The third-order valence-electron chi connectivity index (χ3n) is 4.97. The highest BCUT2D eigenvalue weighted by Crippen LogP contribution is 2.36. The summed E-state index contributed by atoms with van der Waals surface area (Å²) in [6.45, 7) is 2.35. The maximum absolute atomic E-state index is 13.9. The summed E-state index contributed by atoms with van der Waals surface area (Å²) in [6, 6.07) is 14.1. The summed E-state index contributed by atoms with van der Waals surface area (Å²) in [7, 11) is 1.73.